The molecule has 0 aliphatic carbocycles. The smallest absolute Gasteiger partial charge is 0.264 e. The van der Waals surface area contributed by atoms with E-state index in [2.05, 4.69) is 6.92 Å². The highest BCUT2D eigenvalue weighted by atomic mass is 32.1. The predicted octanol–water partition coefficient (Wildman–Crippen LogP) is 1.57. The van der Waals surface area contributed by atoms with Crippen molar-refractivity contribution in [2.75, 3.05) is 20.2 Å². The average molecular weight is 254 g/mol. The molecule has 0 aromatic carbocycles. The van der Waals surface area contributed by atoms with E-state index in [1.165, 1.54) is 11.3 Å². The minimum Gasteiger partial charge on any atom is -0.496 e. The van der Waals surface area contributed by atoms with Crippen molar-refractivity contribution < 1.29 is 9.53 Å². The maximum Gasteiger partial charge on any atom is 0.264 e. The molecular formula is C12H18N2O2S. The van der Waals surface area contributed by atoms with Crippen LogP contribution < -0.4 is 10.5 Å². The summed E-state index contributed by atoms with van der Waals surface area (Å²) in [6.07, 6.45) is 0.982. The Hall–Kier alpha value is -1.07. The number of thiophene rings is 1. The van der Waals surface area contributed by atoms with Crippen LogP contribution >= 0.6 is 11.3 Å². The number of methoxy groups -OCH3 is 1. The van der Waals surface area contributed by atoms with Gasteiger partial charge in [-0.25, -0.2) is 0 Å². The van der Waals surface area contributed by atoms with Crippen LogP contribution in [0.15, 0.2) is 11.4 Å². The summed E-state index contributed by atoms with van der Waals surface area (Å²) in [4.78, 5) is 14.8. The maximum absolute atomic E-state index is 12.2. The molecule has 4 nitrogen and oxygen atoms in total. The van der Waals surface area contributed by atoms with Gasteiger partial charge in [-0.05, 0) is 12.3 Å². The highest BCUT2D eigenvalue weighted by Gasteiger charge is 2.27. The molecule has 2 N–H and O–H groups in total. The zero-order chi connectivity index (χ0) is 12.4. The number of amides is 1. The van der Waals surface area contributed by atoms with E-state index in [4.69, 9.17) is 10.5 Å². The van der Waals surface area contributed by atoms with Gasteiger partial charge in [0.15, 0.2) is 0 Å². The predicted molar refractivity (Wildman–Crippen MR) is 68.5 cm³/mol. The van der Waals surface area contributed by atoms with E-state index in [-0.39, 0.29) is 11.9 Å². The molecule has 1 fully saturated rings. The first-order chi connectivity index (χ1) is 8.11. The van der Waals surface area contributed by atoms with Gasteiger partial charge in [-0.2, -0.15) is 0 Å². The fourth-order valence-electron chi connectivity index (χ4n) is 1.98. The SMILES string of the molecule is COc1csc(C(=O)N2CCC(C)C(N)C2)c1. The van der Waals surface area contributed by atoms with Crippen molar-refractivity contribution in [3.05, 3.63) is 16.3 Å². The molecule has 94 valence electrons. The van der Waals surface area contributed by atoms with Gasteiger partial charge < -0.3 is 15.4 Å². The Bertz CT molecular complexity index is 405. The molecule has 1 aliphatic heterocycles. The lowest BCUT2D eigenvalue weighted by atomic mass is 9.94. The Morgan fingerprint density at radius 3 is 3.00 bits per heavy atom. The number of nitrogens with zero attached hydrogens (tertiary/aromatic N) is 1. The summed E-state index contributed by atoms with van der Waals surface area (Å²) in [6, 6.07) is 1.88. The number of carbonyl (C=O) groups excluding carboxylic acids is 1. The fraction of sp³-hybridized carbons (Fsp3) is 0.583. The summed E-state index contributed by atoms with van der Waals surface area (Å²) in [5.74, 6) is 1.31. The highest BCUT2D eigenvalue weighted by molar-refractivity contribution is 7.12. The Morgan fingerprint density at radius 2 is 2.41 bits per heavy atom. The van der Waals surface area contributed by atoms with Gasteiger partial charge in [0, 0.05) is 30.6 Å². The van der Waals surface area contributed by atoms with E-state index >= 15 is 0 Å². The number of likely N-dealkylation sites (tertiary alicyclic amines) is 1. The minimum atomic E-state index is 0.0700. The third-order valence-corrected chi connectivity index (χ3v) is 4.22. The van der Waals surface area contributed by atoms with Gasteiger partial charge in [-0.3, -0.25) is 4.79 Å². The minimum absolute atomic E-state index is 0.0700. The molecule has 1 aromatic rings. The van der Waals surface area contributed by atoms with Gasteiger partial charge in [-0.15, -0.1) is 11.3 Å². The van der Waals surface area contributed by atoms with Crippen LogP contribution in [0.2, 0.25) is 0 Å². The standard InChI is InChI=1S/C12H18N2O2S/c1-8-3-4-14(6-10(8)13)12(15)11-5-9(16-2)7-17-11/h5,7-8,10H,3-4,6,13H2,1-2H3. The lowest BCUT2D eigenvalue weighted by Crippen LogP contribution is -2.49. The van der Waals surface area contributed by atoms with Crippen LogP contribution in [0.4, 0.5) is 0 Å². The Balaban J connectivity index is 2.05. The molecule has 1 aliphatic rings. The molecule has 0 saturated carbocycles. The molecule has 2 heterocycles. The quantitative estimate of drug-likeness (QED) is 0.871. The van der Waals surface area contributed by atoms with Crippen molar-refractivity contribution >= 4 is 17.2 Å². The number of hydrogen-bond donors (Lipinski definition) is 1. The summed E-state index contributed by atoms with van der Waals surface area (Å²) in [6.45, 7) is 3.59. The monoisotopic (exact) mass is 254 g/mol. The van der Waals surface area contributed by atoms with Crippen LogP contribution in [-0.4, -0.2) is 37.0 Å². The largest absolute Gasteiger partial charge is 0.496 e. The van der Waals surface area contributed by atoms with Crippen molar-refractivity contribution in [2.45, 2.75) is 19.4 Å². The fourth-order valence-corrected chi connectivity index (χ4v) is 2.80. The zero-order valence-corrected chi connectivity index (χ0v) is 11.0. The van der Waals surface area contributed by atoms with E-state index in [1.807, 2.05) is 10.3 Å². The summed E-state index contributed by atoms with van der Waals surface area (Å²) < 4.78 is 5.09. The summed E-state index contributed by atoms with van der Waals surface area (Å²) >= 11 is 1.42. The Morgan fingerprint density at radius 1 is 1.65 bits per heavy atom. The molecule has 2 unspecified atom stereocenters. The van der Waals surface area contributed by atoms with E-state index in [0.29, 0.717) is 12.5 Å². The molecule has 2 rings (SSSR count). The molecule has 1 aromatic heterocycles. The van der Waals surface area contributed by atoms with Crippen molar-refractivity contribution in [1.29, 1.82) is 0 Å². The van der Waals surface area contributed by atoms with Gasteiger partial charge in [-0.1, -0.05) is 6.92 Å². The van der Waals surface area contributed by atoms with E-state index in [0.717, 1.165) is 23.6 Å². The Labute approximate surface area is 105 Å². The number of hydrogen-bond acceptors (Lipinski definition) is 4. The molecule has 0 bridgehead atoms. The second-order valence-corrected chi connectivity index (χ2v) is 5.44. The van der Waals surface area contributed by atoms with Gasteiger partial charge in [0.05, 0.1) is 12.0 Å². The summed E-state index contributed by atoms with van der Waals surface area (Å²) in [5, 5.41) is 1.85. The van der Waals surface area contributed by atoms with E-state index < -0.39 is 0 Å². The molecule has 1 saturated heterocycles. The molecule has 0 radical (unpaired) electrons. The van der Waals surface area contributed by atoms with Crippen molar-refractivity contribution in [2.24, 2.45) is 11.7 Å². The van der Waals surface area contributed by atoms with Crippen LogP contribution in [0.25, 0.3) is 0 Å². The average Bonchev–Trinajstić information content (AvgIpc) is 2.80. The second kappa shape index (κ2) is 5.06. The van der Waals surface area contributed by atoms with Gasteiger partial charge >= 0.3 is 0 Å². The molecule has 2 atom stereocenters. The normalized spacial score (nSPS) is 24.8. The second-order valence-electron chi connectivity index (χ2n) is 4.53. The van der Waals surface area contributed by atoms with Crippen LogP contribution in [0.5, 0.6) is 5.75 Å². The van der Waals surface area contributed by atoms with Crippen LogP contribution in [0.3, 0.4) is 0 Å². The third-order valence-electron chi connectivity index (χ3n) is 3.33. The van der Waals surface area contributed by atoms with E-state index in [1.54, 1.807) is 13.2 Å². The topological polar surface area (TPSA) is 55.6 Å². The van der Waals surface area contributed by atoms with Crippen molar-refractivity contribution in [3.63, 3.8) is 0 Å². The first-order valence-electron chi connectivity index (χ1n) is 5.79. The number of carbonyl (C=O) groups is 1. The molecular weight excluding hydrogens is 236 g/mol. The molecule has 1 amide bonds. The molecule has 17 heavy (non-hydrogen) atoms. The summed E-state index contributed by atoms with van der Waals surface area (Å²) in [7, 11) is 1.61. The van der Waals surface area contributed by atoms with Crippen LogP contribution in [-0.2, 0) is 0 Å². The molecule has 5 heteroatoms. The van der Waals surface area contributed by atoms with Crippen molar-refractivity contribution in [3.8, 4) is 5.75 Å². The van der Waals surface area contributed by atoms with Crippen LogP contribution in [0.1, 0.15) is 23.0 Å². The van der Waals surface area contributed by atoms with Gasteiger partial charge in [0.25, 0.3) is 5.91 Å². The number of piperidine rings is 1. The number of nitrogens with two attached hydrogens (primary N) is 1. The first kappa shape index (κ1) is 12.4. The van der Waals surface area contributed by atoms with Crippen molar-refractivity contribution in [1.82, 2.24) is 4.90 Å². The summed E-state index contributed by atoms with van der Waals surface area (Å²) in [5.41, 5.74) is 6.00. The number of rotatable bonds is 2. The van der Waals surface area contributed by atoms with Crippen LogP contribution in [0, 0.1) is 5.92 Å². The Kier molecular flexibility index (Phi) is 3.69. The third kappa shape index (κ3) is 2.61. The first-order valence-corrected chi connectivity index (χ1v) is 6.67. The zero-order valence-electron chi connectivity index (χ0n) is 10.2. The molecule has 0 spiro atoms. The van der Waals surface area contributed by atoms with Gasteiger partial charge in [0.1, 0.15) is 5.75 Å². The van der Waals surface area contributed by atoms with E-state index in [9.17, 15) is 4.79 Å². The highest BCUT2D eigenvalue weighted by Crippen LogP contribution is 2.24. The lowest BCUT2D eigenvalue weighted by molar-refractivity contribution is 0.0677. The van der Waals surface area contributed by atoms with Gasteiger partial charge in [0.2, 0.25) is 0 Å². The lowest BCUT2D eigenvalue weighted by Gasteiger charge is -2.34. The maximum atomic E-state index is 12.2. The number of ether oxygens (including phenoxy) is 1.